The number of primary amides is 1. The Bertz CT molecular complexity index is 477. The van der Waals surface area contributed by atoms with Crippen LogP contribution < -0.4 is 11.5 Å². The van der Waals surface area contributed by atoms with Crippen LogP contribution in [-0.4, -0.2) is 29.8 Å². The van der Waals surface area contributed by atoms with Crippen LogP contribution in [0, 0.1) is 0 Å². The maximum atomic E-state index is 12.3. The van der Waals surface area contributed by atoms with Crippen molar-refractivity contribution in [2.45, 2.75) is 19.8 Å². The third-order valence-corrected chi connectivity index (χ3v) is 3.38. The van der Waals surface area contributed by atoms with Crippen LogP contribution in [0.15, 0.2) is 22.7 Å². The minimum Gasteiger partial charge on any atom is -0.398 e. The molecule has 0 aliphatic carbocycles. The summed E-state index contributed by atoms with van der Waals surface area (Å²) in [5, 5.41) is 0. The van der Waals surface area contributed by atoms with Gasteiger partial charge in [-0.25, -0.2) is 0 Å². The zero-order valence-corrected chi connectivity index (χ0v) is 12.4. The fourth-order valence-electron chi connectivity index (χ4n) is 1.65. The van der Waals surface area contributed by atoms with Crippen molar-refractivity contribution in [3.05, 3.63) is 28.2 Å². The van der Waals surface area contributed by atoms with Crippen LogP contribution in [0.4, 0.5) is 5.69 Å². The normalized spacial score (nSPS) is 10.2. The van der Waals surface area contributed by atoms with Crippen molar-refractivity contribution in [3.63, 3.8) is 0 Å². The van der Waals surface area contributed by atoms with Crippen molar-refractivity contribution in [1.29, 1.82) is 0 Å². The Kier molecular flexibility index (Phi) is 5.82. The zero-order chi connectivity index (χ0) is 14.4. The van der Waals surface area contributed by atoms with Crippen molar-refractivity contribution in [3.8, 4) is 0 Å². The number of carbonyl (C=O) groups excluding carboxylic acids is 2. The summed E-state index contributed by atoms with van der Waals surface area (Å²) < 4.78 is 0.735. The number of benzene rings is 1. The minimum atomic E-state index is -0.519. The topological polar surface area (TPSA) is 89.4 Å². The monoisotopic (exact) mass is 327 g/mol. The van der Waals surface area contributed by atoms with Crippen molar-refractivity contribution >= 4 is 33.4 Å². The van der Waals surface area contributed by atoms with Crippen LogP contribution in [0.1, 0.15) is 30.1 Å². The van der Waals surface area contributed by atoms with E-state index in [1.165, 1.54) is 4.90 Å². The van der Waals surface area contributed by atoms with E-state index in [4.69, 9.17) is 11.5 Å². The second kappa shape index (κ2) is 7.13. The van der Waals surface area contributed by atoms with E-state index in [1.54, 1.807) is 18.2 Å². The molecule has 0 aromatic heterocycles. The number of nitrogen functional groups attached to an aromatic ring is 1. The second-order valence-electron chi connectivity index (χ2n) is 4.28. The summed E-state index contributed by atoms with van der Waals surface area (Å²) in [4.78, 5) is 24.8. The molecule has 0 aliphatic rings. The molecule has 19 heavy (non-hydrogen) atoms. The number of amides is 2. The first-order chi connectivity index (χ1) is 8.95. The Hall–Kier alpha value is -1.56. The second-order valence-corrected chi connectivity index (χ2v) is 5.14. The first-order valence-electron chi connectivity index (χ1n) is 6.08. The molecular weight excluding hydrogens is 310 g/mol. The highest BCUT2D eigenvalue weighted by molar-refractivity contribution is 9.10. The summed E-state index contributed by atoms with van der Waals surface area (Å²) in [6, 6.07) is 4.97. The number of hydrogen-bond acceptors (Lipinski definition) is 3. The highest BCUT2D eigenvalue weighted by Gasteiger charge is 2.17. The summed E-state index contributed by atoms with van der Waals surface area (Å²) in [6.45, 7) is 2.45. The Morgan fingerprint density at radius 2 is 2.05 bits per heavy atom. The van der Waals surface area contributed by atoms with Crippen LogP contribution in [-0.2, 0) is 4.79 Å². The summed E-state index contributed by atoms with van der Waals surface area (Å²) >= 11 is 3.27. The van der Waals surface area contributed by atoms with E-state index in [0.717, 1.165) is 17.3 Å². The predicted molar refractivity (Wildman–Crippen MR) is 78.6 cm³/mol. The van der Waals surface area contributed by atoms with Gasteiger partial charge in [0.15, 0.2) is 0 Å². The Labute approximate surface area is 121 Å². The fourth-order valence-corrected chi connectivity index (χ4v) is 1.90. The largest absolute Gasteiger partial charge is 0.398 e. The molecule has 0 unspecified atom stereocenters. The molecule has 1 rings (SSSR count). The molecule has 0 atom stereocenters. The molecule has 2 amide bonds. The molecule has 0 saturated heterocycles. The van der Waals surface area contributed by atoms with E-state index < -0.39 is 5.91 Å². The zero-order valence-electron chi connectivity index (χ0n) is 10.9. The average molecular weight is 328 g/mol. The van der Waals surface area contributed by atoms with Gasteiger partial charge in [-0.1, -0.05) is 13.3 Å². The van der Waals surface area contributed by atoms with Gasteiger partial charge in [0, 0.05) is 22.3 Å². The number of hydrogen-bond donors (Lipinski definition) is 2. The van der Waals surface area contributed by atoms with E-state index in [1.807, 2.05) is 6.92 Å². The fraction of sp³-hybridized carbons (Fsp3) is 0.385. The van der Waals surface area contributed by atoms with E-state index in [0.29, 0.717) is 17.8 Å². The Morgan fingerprint density at radius 3 is 2.58 bits per heavy atom. The molecule has 0 heterocycles. The molecular formula is C13H18BrN3O2. The molecule has 0 spiro atoms. The first kappa shape index (κ1) is 15.5. The third kappa shape index (κ3) is 4.55. The lowest BCUT2D eigenvalue weighted by molar-refractivity contribution is -0.118. The molecule has 104 valence electrons. The molecule has 5 nitrogen and oxygen atoms in total. The molecule has 0 bridgehead atoms. The van der Waals surface area contributed by atoms with Crippen molar-refractivity contribution in [1.82, 2.24) is 4.90 Å². The molecule has 6 heteroatoms. The van der Waals surface area contributed by atoms with Gasteiger partial charge < -0.3 is 16.4 Å². The van der Waals surface area contributed by atoms with E-state index in [9.17, 15) is 9.59 Å². The average Bonchev–Trinajstić information content (AvgIpc) is 2.36. The quantitative estimate of drug-likeness (QED) is 0.780. The lowest BCUT2D eigenvalue weighted by atomic mass is 10.1. The smallest absolute Gasteiger partial charge is 0.254 e. The van der Waals surface area contributed by atoms with Crippen LogP contribution >= 0.6 is 15.9 Å². The summed E-state index contributed by atoms with van der Waals surface area (Å²) in [5.74, 6) is -0.749. The molecule has 1 aromatic carbocycles. The number of unbranched alkanes of at least 4 members (excludes halogenated alkanes) is 1. The van der Waals surface area contributed by atoms with Gasteiger partial charge in [-0.3, -0.25) is 9.59 Å². The van der Waals surface area contributed by atoms with Crippen LogP contribution in [0.5, 0.6) is 0 Å². The van der Waals surface area contributed by atoms with Gasteiger partial charge in [0.2, 0.25) is 5.91 Å². The maximum absolute atomic E-state index is 12.3. The molecule has 0 fully saturated rings. The molecule has 0 saturated carbocycles. The molecule has 0 aliphatic heterocycles. The van der Waals surface area contributed by atoms with Crippen molar-refractivity contribution in [2.75, 3.05) is 18.8 Å². The van der Waals surface area contributed by atoms with Gasteiger partial charge in [-0.05, 0) is 40.5 Å². The molecule has 4 N–H and O–H groups in total. The van der Waals surface area contributed by atoms with Crippen LogP contribution in [0.2, 0.25) is 0 Å². The van der Waals surface area contributed by atoms with Crippen LogP contribution in [0.25, 0.3) is 0 Å². The van der Waals surface area contributed by atoms with E-state index >= 15 is 0 Å². The van der Waals surface area contributed by atoms with Crippen molar-refractivity contribution in [2.24, 2.45) is 5.73 Å². The number of halogens is 1. The minimum absolute atomic E-state index is 0.0746. The van der Waals surface area contributed by atoms with Gasteiger partial charge in [-0.15, -0.1) is 0 Å². The number of nitrogens with two attached hydrogens (primary N) is 2. The standard InChI is InChI=1S/C13H18BrN3O2/c1-2-3-6-17(8-12(16)18)13(19)9-4-5-10(14)11(15)7-9/h4-5,7H,2-3,6,8,15H2,1H3,(H2,16,18). The lowest BCUT2D eigenvalue weighted by Gasteiger charge is -2.21. The molecule has 0 radical (unpaired) electrons. The van der Waals surface area contributed by atoms with Gasteiger partial charge in [0.05, 0.1) is 6.54 Å². The van der Waals surface area contributed by atoms with Gasteiger partial charge in [0.1, 0.15) is 0 Å². The Balaban J connectivity index is 2.90. The van der Waals surface area contributed by atoms with Gasteiger partial charge >= 0.3 is 0 Å². The third-order valence-electron chi connectivity index (χ3n) is 2.66. The van der Waals surface area contributed by atoms with Crippen molar-refractivity contribution < 1.29 is 9.59 Å². The predicted octanol–water partition coefficient (Wildman–Crippen LogP) is 1.76. The number of nitrogens with zero attached hydrogens (tertiary/aromatic N) is 1. The van der Waals surface area contributed by atoms with E-state index in [2.05, 4.69) is 15.9 Å². The highest BCUT2D eigenvalue weighted by Crippen LogP contribution is 2.21. The van der Waals surface area contributed by atoms with Gasteiger partial charge in [-0.2, -0.15) is 0 Å². The van der Waals surface area contributed by atoms with Crippen LogP contribution in [0.3, 0.4) is 0 Å². The van der Waals surface area contributed by atoms with Gasteiger partial charge in [0.25, 0.3) is 5.91 Å². The SMILES string of the molecule is CCCCN(CC(N)=O)C(=O)c1ccc(Br)c(N)c1. The number of rotatable bonds is 6. The maximum Gasteiger partial charge on any atom is 0.254 e. The lowest BCUT2D eigenvalue weighted by Crippen LogP contribution is -2.39. The Morgan fingerprint density at radius 1 is 1.37 bits per heavy atom. The summed E-state index contributed by atoms with van der Waals surface area (Å²) in [6.07, 6.45) is 1.76. The summed E-state index contributed by atoms with van der Waals surface area (Å²) in [7, 11) is 0. The summed E-state index contributed by atoms with van der Waals surface area (Å²) in [5.41, 5.74) is 11.9. The van der Waals surface area contributed by atoms with E-state index in [-0.39, 0.29) is 12.5 Å². The number of carbonyl (C=O) groups is 2. The molecule has 1 aromatic rings. The highest BCUT2D eigenvalue weighted by atomic mass is 79.9. The number of anilines is 1. The first-order valence-corrected chi connectivity index (χ1v) is 6.87.